The zero-order chi connectivity index (χ0) is 47.3. The summed E-state index contributed by atoms with van der Waals surface area (Å²) in [7, 11) is 0. The third-order valence-electron chi connectivity index (χ3n) is 11.2. The van der Waals surface area contributed by atoms with Crippen LogP contribution in [0.1, 0.15) is 60.8 Å². The molecule has 0 saturated carbocycles. The van der Waals surface area contributed by atoms with Gasteiger partial charge in [0.2, 0.25) is 29.5 Å². The van der Waals surface area contributed by atoms with Crippen molar-refractivity contribution in [2.24, 2.45) is 11.3 Å². The number of carbonyl (C=O) groups excluding carboxylic acids is 5. The molecule has 0 bridgehead atoms. The number of hydrogen-bond donors (Lipinski definition) is 5. The van der Waals surface area contributed by atoms with Gasteiger partial charge in [0, 0.05) is 13.0 Å². The Morgan fingerprint density at radius 1 is 0.485 bits per heavy atom. The molecule has 0 aliphatic carbocycles. The highest BCUT2D eigenvalue weighted by Gasteiger charge is 2.38. The highest BCUT2D eigenvalue weighted by atomic mass is 16.2. The number of amides is 5. The molecule has 15 heteroatoms. The lowest BCUT2D eigenvalue weighted by atomic mass is 9.94. The molecular weight excluding hydrogens is 833 g/mol. The monoisotopic (exact) mass is 894 g/mol. The Morgan fingerprint density at radius 2 is 0.955 bits per heavy atom. The summed E-state index contributed by atoms with van der Waals surface area (Å²) in [5.41, 5.74) is 18.9. The Hall–Kier alpha value is -7.55. The number of hydrogen-bond acceptors (Lipinski definition) is 10. The molecule has 5 aromatic rings. The zero-order valence-corrected chi connectivity index (χ0v) is 38.6. The third-order valence-corrected chi connectivity index (χ3v) is 11.2. The van der Waals surface area contributed by atoms with Gasteiger partial charge >= 0.3 is 0 Å². The smallest absolute Gasteiger partial charge is 0.246 e. The first kappa shape index (κ1) is 47.9. The van der Waals surface area contributed by atoms with E-state index in [4.69, 9.17) is 0 Å². The van der Waals surface area contributed by atoms with Crippen molar-refractivity contribution < 1.29 is 24.0 Å². The summed E-state index contributed by atoms with van der Waals surface area (Å²) in [5, 5.41) is 9.47. The fourth-order valence-corrected chi connectivity index (χ4v) is 7.58. The summed E-state index contributed by atoms with van der Waals surface area (Å²) in [4.78, 5) is 56.0. The average molecular weight is 895 g/mol. The second kappa shape index (κ2) is 21.9. The minimum absolute atomic E-state index is 0.0823. The molecule has 5 aliphatic heterocycles. The SMILES string of the molecule is CC1(C)CC(=O)NN1c1ccccc1.CC1(C)CN(c2ccccc2)NC1=O.CC1CC(=O)NN1c1ccccc1.CC1CN(c2ccccc2)NC1=O.O=C1CCN(c2ccccc2)N1. The summed E-state index contributed by atoms with van der Waals surface area (Å²) in [6, 6.07) is 49.6. The number of rotatable bonds is 5. The zero-order valence-electron chi connectivity index (χ0n) is 38.6. The van der Waals surface area contributed by atoms with Crippen molar-refractivity contribution in [1.29, 1.82) is 0 Å². The van der Waals surface area contributed by atoms with Gasteiger partial charge < -0.3 is 0 Å². The summed E-state index contributed by atoms with van der Waals surface area (Å²) >= 11 is 0. The number of carbonyl (C=O) groups is 5. The van der Waals surface area contributed by atoms with E-state index in [0.29, 0.717) is 19.3 Å². The van der Waals surface area contributed by atoms with E-state index < -0.39 is 0 Å². The first-order chi connectivity index (χ1) is 31.6. The van der Waals surface area contributed by atoms with Gasteiger partial charge in [-0.1, -0.05) is 97.9 Å². The molecule has 5 amide bonds. The van der Waals surface area contributed by atoms with Gasteiger partial charge in [-0.3, -0.25) is 76.1 Å². The Bertz CT molecular complexity index is 2370. The van der Waals surface area contributed by atoms with Crippen LogP contribution in [-0.2, 0) is 24.0 Å². The summed E-state index contributed by atoms with van der Waals surface area (Å²) in [6.07, 6.45) is 1.71. The van der Waals surface area contributed by atoms with Crippen molar-refractivity contribution in [1.82, 2.24) is 27.1 Å². The van der Waals surface area contributed by atoms with Gasteiger partial charge in [-0.15, -0.1) is 0 Å². The lowest BCUT2D eigenvalue weighted by Gasteiger charge is -2.31. The minimum atomic E-state index is -0.296. The molecule has 346 valence electrons. The predicted octanol–water partition coefficient (Wildman–Crippen LogP) is 6.69. The lowest BCUT2D eigenvalue weighted by Crippen LogP contribution is -2.44. The number of anilines is 5. The summed E-state index contributed by atoms with van der Waals surface area (Å²) < 4.78 is 0. The normalized spacial score (nSPS) is 19.8. The standard InChI is InChI=1S/2C11H14N2O.2C10H12N2O.C9H10N2O/c1-11(2)8-13(12-10(11)14)9-6-4-3-5-7-9;1-11(2)8-10(14)12-13(11)9-6-4-3-5-7-9;1-8-7-12(11-10(8)13)9-5-3-2-4-6-9;1-8-7-10(13)11-12(8)9-5-3-2-4-6-9;12-9-6-7-11(10-9)8-4-2-1-3-5-8/h2*3-7H,8H2,1-2H3,(H,12,14);2*2-6,8H,7H2,1H3,(H,11,13);1-5H,6-7H2,(H,10,12). The van der Waals surface area contributed by atoms with Gasteiger partial charge in [-0.25, -0.2) is 0 Å². The van der Waals surface area contributed by atoms with Crippen molar-refractivity contribution in [3.8, 4) is 0 Å². The Labute approximate surface area is 388 Å². The Kier molecular flexibility index (Phi) is 15.9. The van der Waals surface area contributed by atoms with E-state index in [0.717, 1.165) is 48.1 Å². The molecule has 5 saturated heterocycles. The van der Waals surface area contributed by atoms with Crippen molar-refractivity contribution in [3.05, 3.63) is 152 Å². The molecule has 5 aromatic carbocycles. The number of nitrogens with one attached hydrogen (secondary N) is 5. The van der Waals surface area contributed by atoms with Gasteiger partial charge in [0.15, 0.2) is 0 Å². The molecule has 10 rings (SSSR count). The number of benzene rings is 5. The van der Waals surface area contributed by atoms with Crippen LogP contribution in [-0.4, -0.2) is 60.8 Å². The molecule has 0 spiro atoms. The largest absolute Gasteiger partial charge is 0.285 e. The number of para-hydroxylation sites is 5. The van der Waals surface area contributed by atoms with Gasteiger partial charge in [-0.05, 0) is 95.3 Å². The molecule has 5 aliphatic rings. The van der Waals surface area contributed by atoms with Crippen molar-refractivity contribution >= 4 is 58.0 Å². The van der Waals surface area contributed by atoms with E-state index in [1.807, 2.05) is 204 Å². The maximum absolute atomic E-state index is 11.5. The van der Waals surface area contributed by atoms with E-state index in [-0.39, 0.29) is 52.4 Å². The molecule has 15 nitrogen and oxygen atoms in total. The van der Waals surface area contributed by atoms with E-state index in [1.165, 1.54) is 0 Å². The first-order valence-corrected chi connectivity index (χ1v) is 22.3. The number of nitrogens with zero attached hydrogens (tertiary/aromatic N) is 5. The third kappa shape index (κ3) is 13.0. The minimum Gasteiger partial charge on any atom is -0.285 e. The van der Waals surface area contributed by atoms with Crippen LogP contribution in [0, 0.1) is 11.3 Å². The average Bonchev–Trinajstić information content (AvgIpc) is 4.13. The fraction of sp³-hybridized carbons (Fsp3) is 0.314. The van der Waals surface area contributed by atoms with Gasteiger partial charge in [0.25, 0.3) is 0 Å². The molecule has 5 N–H and O–H groups in total. The predicted molar refractivity (Wildman–Crippen MR) is 260 cm³/mol. The molecule has 0 radical (unpaired) electrons. The van der Waals surface area contributed by atoms with Crippen LogP contribution in [0.5, 0.6) is 0 Å². The van der Waals surface area contributed by atoms with Crippen molar-refractivity contribution in [2.75, 3.05) is 44.7 Å². The van der Waals surface area contributed by atoms with Crippen LogP contribution in [0.4, 0.5) is 28.4 Å². The summed E-state index contributed by atoms with van der Waals surface area (Å²) in [5.74, 6) is 0.541. The summed E-state index contributed by atoms with van der Waals surface area (Å²) in [6.45, 7) is 14.2. The molecule has 2 unspecified atom stereocenters. The van der Waals surface area contributed by atoms with Crippen LogP contribution in [0.2, 0.25) is 0 Å². The maximum atomic E-state index is 11.5. The maximum Gasteiger partial charge on any atom is 0.246 e. The van der Waals surface area contributed by atoms with E-state index in [9.17, 15) is 24.0 Å². The molecule has 5 heterocycles. The van der Waals surface area contributed by atoms with E-state index in [1.54, 1.807) is 0 Å². The van der Waals surface area contributed by atoms with E-state index in [2.05, 4.69) is 41.0 Å². The lowest BCUT2D eigenvalue weighted by molar-refractivity contribution is -0.126. The molecule has 66 heavy (non-hydrogen) atoms. The molecule has 0 aromatic heterocycles. The van der Waals surface area contributed by atoms with Crippen LogP contribution >= 0.6 is 0 Å². The van der Waals surface area contributed by atoms with Crippen LogP contribution < -0.4 is 52.2 Å². The van der Waals surface area contributed by atoms with Gasteiger partial charge in [0.1, 0.15) is 0 Å². The highest BCUT2D eigenvalue weighted by molar-refractivity contribution is 5.87. The van der Waals surface area contributed by atoms with Crippen LogP contribution in [0.25, 0.3) is 0 Å². The Morgan fingerprint density at radius 3 is 1.33 bits per heavy atom. The van der Waals surface area contributed by atoms with Crippen molar-refractivity contribution in [2.45, 2.75) is 72.4 Å². The van der Waals surface area contributed by atoms with Gasteiger partial charge in [0.05, 0.1) is 77.3 Å². The second-order valence-corrected chi connectivity index (χ2v) is 17.8. The topological polar surface area (TPSA) is 162 Å². The molecular formula is C51H62N10O5. The fourth-order valence-electron chi connectivity index (χ4n) is 7.58. The second-order valence-electron chi connectivity index (χ2n) is 17.8. The molecule has 5 fully saturated rings. The molecule has 2 atom stereocenters. The number of hydrazine groups is 5. The van der Waals surface area contributed by atoms with Crippen LogP contribution in [0.3, 0.4) is 0 Å². The van der Waals surface area contributed by atoms with Gasteiger partial charge in [-0.2, -0.15) is 0 Å². The van der Waals surface area contributed by atoms with E-state index >= 15 is 0 Å². The first-order valence-electron chi connectivity index (χ1n) is 22.3. The van der Waals surface area contributed by atoms with Crippen molar-refractivity contribution in [3.63, 3.8) is 0 Å². The quantitative estimate of drug-likeness (QED) is 0.129. The highest BCUT2D eigenvalue weighted by Crippen LogP contribution is 2.29. The Balaban J connectivity index is 0.000000137. The van der Waals surface area contributed by atoms with Crippen LogP contribution in [0.15, 0.2) is 152 Å².